The van der Waals surface area contributed by atoms with Gasteiger partial charge in [0, 0.05) is 17.8 Å². The van der Waals surface area contributed by atoms with Gasteiger partial charge in [-0.3, -0.25) is 4.79 Å². The maximum Gasteiger partial charge on any atom is 0.186 e. The van der Waals surface area contributed by atoms with Crippen molar-refractivity contribution in [2.45, 2.75) is 53.8 Å². The van der Waals surface area contributed by atoms with Crippen molar-refractivity contribution in [2.75, 3.05) is 0 Å². The van der Waals surface area contributed by atoms with Gasteiger partial charge >= 0.3 is 0 Å². The Labute approximate surface area is 104 Å². The Morgan fingerprint density at radius 2 is 1.76 bits per heavy atom. The van der Waals surface area contributed by atoms with Gasteiger partial charge in [-0.05, 0) is 24.8 Å². The lowest BCUT2D eigenvalue weighted by molar-refractivity contribution is -0.197. The highest BCUT2D eigenvalue weighted by Crippen LogP contribution is 2.56. The zero-order valence-electron chi connectivity index (χ0n) is 11.7. The van der Waals surface area contributed by atoms with Gasteiger partial charge in [0.25, 0.3) is 0 Å². The summed E-state index contributed by atoms with van der Waals surface area (Å²) in [6.45, 7) is 11.0. The summed E-state index contributed by atoms with van der Waals surface area (Å²) in [6.07, 6.45) is 1.92. The molecule has 0 spiro atoms. The van der Waals surface area contributed by atoms with Crippen molar-refractivity contribution in [1.29, 1.82) is 0 Å². The molecule has 0 bridgehead atoms. The van der Waals surface area contributed by atoms with Crippen LogP contribution < -0.4 is 0 Å². The van der Waals surface area contributed by atoms with Crippen molar-refractivity contribution >= 4 is 5.78 Å². The molecule has 3 heteroatoms. The summed E-state index contributed by atoms with van der Waals surface area (Å²) in [7, 11) is 0. The maximum atomic E-state index is 11.9. The second-order valence-electron chi connectivity index (χ2n) is 6.45. The van der Waals surface area contributed by atoms with Gasteiger partial charge in [0.1, 0.15) is 5.78 Å². The molecule has 1 unspecified atom stereocenters. The number of carbonyl (C=O) groups excluding carboxylic acids is 1. The molecule has 98 valence electrons. The molecule has 0 amide bonds. The van der Waals surface area contributed by atoms with Crippen LogP contribution in [0.15, 0.2) is 11.6 Å². The SMILES string of the molecule is CC=C1C(O)(O)CC(C)(C)C(C(C)=O)C1(C)C. The summed E-state index contributed by atoms with van der Waals surface area (Å²) >= 11 is 0. The van der Waals surface area contributed by atoms with Gasteiger partial charge in [-0.15, -0.1) is 0 Å². The Balaban J connectivity index is 3.41. The van der Waals surface area contributed by atoms with Crippen molar-refractivity contribution in [2.24, 2.45) is 16.7 Å². The van der Waals surface area contributed by atoms with Gasteiger partial charge in [0.15, 0.2) is 5.79 Å². The van der Waals surface area contributed by atoms with Crippen LogP contribution in [0.1, 0.15) is 48.0 Å². The van der Waals surface area contributed by atoms with Gasteiger partial charge < -0.3 is 10.2 Å². The van der Waals surface area contributed by atoms with Crippen LogP contribution in [0.3, 0.4) is 0 Å². The molecule has 0 radical (unpaired) electrons. The van der Waals surface area contributed by atoms with Crippen LogP contribution in [-0.4, -0.2) is 21.8 Å². The minimum atomic E-state index is -1.81. The van der Waals surface area contributed by atoms with E-state index in [4.69, 9.17) is 0 Å². The fourth-order valence-corrected chi connectivity index (χ4v) is 4.14. The van der Waals surface area contributed by atoms with Crippen molar-refractivity contribution < 1.29 is 15.0 Å². The van der Waals surface area contributed by atoms with Crippen LogP contribution in [0.4, 0.5) is 0 Å². The van der Waals surface area contributed by atoms with Gasteiger partial charge in [-0.25, -0.2) is 0 Å². The quantitative estimate of drug-likeness (QED) is 0.546. The molecule has 0 aromatic heterocycles. The fraction of sp³-hybridized carbons (Fsp3) is 0.786. The first-order valence-corrected chi connectivity index (χ1v) is 6.09. The zero-order chi connectivity index (χ0) is 13.6. The molecule has 0 heterocycles. The van der Waals surface area contributed by atoms with Crippen LogP contribution in [0.25, 0.3) is 0 Å². The third-order valence-corrected chi connectivity index (χ3v) is 4.03. The lowest BCUT2D eigenvalue weighted by atomic mass is 9.52. The molecular weight excluding hydrogens is 216 g/mol. The van der Waals surface area contributed by atoms with E-state index in [-0.39, 0.29) is 18.1 Å². The highest BCUT2D eigenvalue weighted by Gasteiger charge is 2.57. The predicted molar refractivity (Wildman–Crippen MR) is 67.3 cm³/mol. The Kier molecular flexibility index (Phi) is 3.32. The predicted octanol–water partition coefficient (Wildman–Crippen LogP) is 2.27. The molecule has 17 heavy (non-hydrogen) atoms. The van der Waals surface area contributed by atoms with E-state index in [1.54, 1.807) is 19.9 Å². The molecule has 0 aromatic rings. The van der Waals surface area contributed by atoms with Crippen LogP contribution in [-0.2, 0) is 4.79 Å². The topological polar surface area (TPSA) is 57.5 Å². The second-order valence-corrected chi connectivity index (χ2v) is 6.45. The lowest BCUT2D eigenvalue weighted by Crippen LogP contribution is -2.56. The zero-order valence-corrected chi connectivity index (χ0v) is 11.7. The van der Waals surface area contributed by atoms with Gasteiger partial charge in [-0.1, -0.05) is 33.8 Å². The molecule has 1 fully saturated rings. The number of hydrogen-bond acceptors (Lipinski definition) is 3. The molecule has 0 aliphatic heterocycles. The van der Waals surface area contributed by atoms with E-state index in [2.05, 4.69) is 0 Å². The highest BCUT2D eigenvalue weighted by molar-refractivity contribution is 5.81. The summed E-state index contributed by atoms with van der Waals surface area (Å²) in [5, 5.41) is 20.4. The molecule has 1 rings (SSSR count). The average Bonchev–Trinajstić information content (AvgIpc) is 1.95. The number of carbonyl (C=O) groups is 1. The number of hydrogen-bond donors (Lipinski definition) is 2. The molecule has 0 saturated heterocycles. The molecule has 1 atom stereocenters. The van der Waals surface area contributed by atoms with Gasteiger partial charge in [-0.2, -0.15) is 0 Å². The average molecular weight is 240 g/mol. The first-order chi connectivity index (χ1) is 7.47. The van der Waals surface area contributed by atoms with E-state index < -0.39 is 16.6 Å². The minimum absolute atomic E-state index is 0.106. The van der Waals surface area contributed by atoms with Crippen molar-refractivity contribution in [3.05, 3.63) is 11.6 Å². The monoisotopic (exact) mass is 240 g/mol. The van der Waals surface area contributed by atoms with E-state index in [1.807, 2.05) is 27.7 Å². The molecule has 3 nitrogen and oxygen atoms in total. The number of rotatable bonds is 1. The van der Waals surface area contributed by atoms with E-state index in [0.29, 0.717) is 5.57 Å². The third-order valence-electron chi connectivity index (χ3n) is 4.03. The molecule has 1 aliphatic rings. The summed E-state index contributed by atoms with van der Waals surface area (Å²) in [5.41, 5.74) is -0.415. The van der Waals surface area contributed by atoms with Crippen molar-refractivity contribution in [3.8, 4) is 0 Å². The first-order valence-electron chi connectivity index (χ1n) is 6.09. The van der Waals surface area contributed by atoms with Gasteiger partial charge in [0.2, 0.25) is 0 Å². The Morgan fingerprint density at radius 1 is 1.29 bits per heavy atom. The fourth-order valence-electron chi connectivity index (χ4n) is 4.14. The standard InChI is InChI=1S/C14H24O3/c1-7-10-13(5,6)11(9(2)15)12(3,4)8-14(10,16)17/h7,11,16-17H,8H2,1-6H3. The van der Waals surface area contributed by atoms with Crippen LogP contribution in [0.5, 0.6) is 0 Å². The molecule has 1 aliphatic carbocycles. The molecule has 0 aromatic carbocycles. The molecule has 1 saturated carbocycles. The minimum Gasteiger partial charge on any atom is -0.362 e. The third kappa shape index (κ3) is 2.18. The van der Waals surface area contributed by atoms with Crippen LogP contribution in [0.2, 0.25) is 0 Å². The number of allylic oxidation sites excluding steroid dienone is 1. The van der Waals surface area contributed by atoms with Crippen LogP contribution >= 0.6 is 0 Å². The maximum absolute atomic E-state index is 11.9. The number of aliphatic hydroxyl groups is 2. The van der Waals surface area contributed by atoms with Crippen LogP contribution in [0, 0.1) is 16.7 Å². The number of Topliss-reactive ketones (excluding diaryl/α,β-unsaturated/α-hetero) is 1. The largest absolute Gasteiger partial charge is 0.362 e. The number of ketones is 1. The first kappa shape index (κ1) is 14.4. The Bertz CT molecular complexity index is 362. The lowest BCUT2D eigenvalue weighted by Gasteiger charge is -2.54. The summed E-state index contributed by atoms with van der Waals surface area (Å²) in [4.78, 5) is 11.9. The van der Waals surface area contributed by atoms with E-state index in [1.165, 1.54) is 0 Å². The van der Waals surface area contributed by atoms with Gasteiger partial charge in [0.05, 0.1) is 0 Å². The van der Waals surface area contributed by atoms with E-state index >= 15 is 0 Å². The summed E-state index contributed by atoms with van der Waals surface area (Å²) in [6, 6.07) is 0. The summed E-state index contributed by atoms with van der Waals surface area (Å²) in [5.74, 6) is -1.91. The Morgan fingerprint density at radius 3 is 2.12 bits per heavy atom. The second kappa shape index (κ2) is 3.92. The van der Waals surface area contributed by atoms with E-state index in [9.17, 15) is 15.0 Å². The summed E-state index contributed by atoms with van der Waals surface area (Å²) < 4.78 is 0. The normalized spacial score (nSPS) is 32.5. The molecule has 2 N–H and O–H groups in total. The van der Waals surface area contributed by atoms with Crippen molar-refractivity contribution in [1.82, 2.24) is 0 Å². The smallest absolute Gasteiger partial charge is 0.186 e. The highest BCUT2D eigenvalue weighted by atomic mass is 16.5. The Hall–Kier alpha value is -0.670. The molecular formula is C14H24O3. The van der Waals surface area contributed by atoms with E-state index in [0.717, 1.165) is 0 Å². The van der Waals surface area contributed by atoms with Crippen molar-refractivity contribution in [3.63, 3.8) is 0 Å².